The average molecular weight is 341 g/mol. The van der Waals surface area contributed by atoms with Gasteiger partial charge < -0.3 is 10.1 Å². The SMILES string of the molecule is COCCNC(=O)c1cc(-c2cccs2)nn1-c1ccc(C)cc1. The van der Waals surface area contributed by atoms with E-state index in [1.54, 1.807) is 23.1 Å². The number of rotatable bonds is 6. The first kappa shape index (κ1) is 16.4. The van der Waals surface area contributed by atoms with E-state index in [0.717, 1.165) is 21.8 Å². The van der Waals surface area contributed by atoms with Crippen molar-refractivity contribution in [3.63, 3.8) is 0 Å². The molecule has 3 aromatic rings. The fourth-order valence-corrected chi connectivity index (χ4v) is 3.01. The third-order valence-corrected chi connectivity index (χ3v) is 4.48. The number of aromatic nitrogens is 2. The average Bonchev–Trinajstić information content (AvgIpc) is 3.25. The summed E-state index contributed by atoms with van der Waals surface area (Å²) in [6.45, 7) is 2.97. The van der Waals surface area contributed by atoms with Gasteiger partial charge in [-0.3, -0.25) is 4.79 Å². The van der Waals surface area contributed by atoms with Gasteiger partial charge in [-0.25, -0.2) is 4.68 Å². The molecule has 0 saturated heterocycles. The Morgan fingerprint density at radius 1 is 1.29 bits per heavy atom. The molecule has 1 N–H and O–H groups in total. The monoisotopic (exact) mass is 341 g/mol. The van der Waals surface area contributed by atoms with Crippen molar-refractivity contribution in [1.29, 1.82) is 0 Å². The standard InChI is InChI=1S/C18H19N3O2S/c1-13-5-7-14(8-6-13)21-16(18(22)19-9-10-23-2)12-15(20-21)17-4-3-11-24-17/h3-8,11-12H,9-10H2,1-2H3,(H,19,22). The molecule has 6 heteroatoms. The predicted octanol–water partition coefficient (Wildman–Crippen LogP) is 3.29. The van der Waals surface area contributed by atoms with Gasteiger partial charge in [0.15, 0.2) is 0 Å². The second kappa shape index (κ2) is 7.42. The number of benzene rings is 1. The van der Waals surface area contributed by atoms with Gasteiger partial charge in [0.25, 0.3) is 5.91 Å². The van der Waals surface area contributed by atoms with Gasteiger partial charge in [0, 0.05) is 13.7 Å². The Morgan fingerprint density at radius 2 is 2.08 bits per heavy atom. The van der Waals surface area contributed by atoms with Gasteiger partial charge in [0.2, 0.25) is 0 Å². The summed E-state index contributed by atoms with van der Waals surface area (Å²) in [6.07, 6.45) is 0. The number of nitrogens with zero attached hydrogens (tertiary/aromatic N) is 2. The summed E-state index contributed by atoms with van der Waals surface area (Å²) in [5.41, 5.74) is 3.33. The second-order valence-electron chi connectivity index (χ2n) is 5.39. The van der Waals surface area contributed by atoms with Crippen molar-refractivity contribution in [2.24, 2.45) is 0 Å². The molecule has 0 spiro atoms. The molecule has 1 amide bonds. The summed E-state index contributed by atoms with van der Waals surface area (Å²) in [6, 6.07) is 13.7. The highest BCUT2D eigenvalue weighted by Crippen LogP contribution is 2.25. The second-order valence-corrected chi connectivity index (χ2v) is 6.34. The minimum absolute atomic E-state index is 0.164. The minimum Gasteiger partial charge on any atom is -0.383 e. The summed E-state index contributed by atoms with van der Waals surface area (Å²) in [7, 11) is 1.61. The van der Waals surface area contributed by atoms with Crippen molar-refractivity contribution in [2.75, 3.05) is 20.3 Å². The van der Waals surface area contributed by atoms with E-state index in [1.807, 2.05) is 54.8 Å². The van der Waals surface area contributed by atoms with Crippen LogP contribution in [0.1, 0.15) is 16.1 Å². The molecule has 0 atom stereocenters. The molecule has 0 aliphatic carbocycles. The lowest BCUT2D eigenvalue weighted by atomic mass is 10.2. The number of methoxy groups -OCH3 is 1. The topological polar surface area (TPSA) is 56.1 Å². The maximum atomic E-state index is 12.5. The molecular formula is C18H19N3O2S. The molecule has 1 aromatic carbocycles. The quantitative estimate of drug-likeness (QED) is 0.700. The van der Waals surface area contributed by atoms with Crippen LogP contribution < -0.4 is 5.32 Å². The van der Waals surface area contributed by atoms with Crippen LogP contribution in [0.4, 0.5) is 0 Å². The van der Waals surface area contributed by atoms with Crippen LogP contribution in [0.5, 0.6) is 0 Å². The van der Waals surface area contributed by atoms with Gasteiger partial charge in [-0.05, 0) is 36.6 Å². The van der Waals surface area contributed by atoms with Crippen molar-refractivity contribution in [1.82, 2.24) is 15.1 Å². The fraction of sp³-hybridized carbons (Fsp3) is 0.222. The summed E-state index contributed by atoms with van der Waals surface area (Å²) < 4.78 is 6.68. The van der Waals surface area contributed by atoms with Gasteiger partial charge in [0.1, 0.15) is 11.4 Å². The summed E-state index contributed by atoms with van der Waals surface area (Å²) >= 11 is 1.60. The summed E-state index contributed by atoms with van der Waals surface area (Å²) in [4.78, 5) is 13.6. The van der Waals surface area contributed by atoms with E-state index >= 15 is 0 Å². The Bertz CT molecular complexity index is 807. The van der Waals surface area contributed by atoms with E-state index in [2.05, 4.69) is 10.4 Å². The smallest absolute Gasteiger partial charge is 0.270 e. The van der Waals surface area contributed by atoms with Crippen LogP contribution >= 0.6 is 11.3 Å². The molecule has 0 unspecified atom stereocenters. The first-order valence-electron chi connectivity index (χ1n) is 7.67. The summed E-state index contributed by atoms with van der Waals surface area (Å²) in [5, 5.41) is 9.49. The molecule has 24 heavy (non-hydrogen) atoms. The van der Waals surface area contributed by atoms with Gasteiger partial charge in [-0.2, -0.15) is 5.10 Å². The highest BCUT2D eigenvalue weighted by molar-refractivity contribution is 7.13. The fourth-order valence-electron chi connectivity index (χ4n) is 2.33. The zero-order valence-electron chi connectivity index (χ0n) is 13.7. The van der Waals surface area contributed by atoms with E-state index < -0.39 is 0 Å². The highest BCUT2D eigenvalue weighted by Gasteiger charge is 2.17. The van der Waals surface area contributed by atoms with Crippen molar-refractivity contribution in [2.45, 2.75) is 6.92 Å². The van der Waals surface area contributed by atoms with E-state index in [0.29, 0.717) is 18.8 Å². The number of carbonyl (C=O) groups excluding carboxylic acids is 1. The van der Waals surface area contributed by atoms with Gasteiger partial charge in [0.05, 0.1) is 17.2 Å². The molecule has 2 aromatic heterocycles. The lowest BCUT2D eigenvalue weighted by Crippen LogP contribution is -2.28. The minimum atomic E-state index is -0.164. The number of hydrogen-bond donors (Lipinski definition) is 1. The zero-order chi connectivity index (χ0) is 16.9. The zero-order valence-corrected chi connectivity index (χ0v) is 14.5. The third-order valence-electron chi connectivity index (χ3n) is 3.59. The number of ether oxygens (including phenoxy) is 1. The van der Waals surface area contributed by atoms with Crippen molar-refractivity contribution < 1.29 is 9.53 Å². The number of hydrogen-bond acceptors (Lipinski definition) is 4. The lowest BCUT2D eigenvalue weighted by Gasteiger charge is -2.08. The van der Waals surface area contributed by atoms with Crippen LogP contribution in [0.15, 0.2) is 47.8 Å². The molecule has 0 aliphatic rings. The first-order chi connectivity index (χ1) is 11.7. The van der Waals surface area contributed by atoms with Crippen LogP contribution in [0, 0.1) is 6.92 Å². The number of nitrogens with one attached hydrogen (secondary N) is 1. The van der Waals surface area contributed by atoms with Gasteiger partial charge in [-0.1, -0.05) is 23.8 Å². The van der Waals surface area contributed by atoms with E-state index in [9.17, 15) is 4.79 Å². The highest BCUT2D eigenvalue weighted by atomic mass is 32.1. The van der Waals surface area contributed by atoms with Crippen LogP contribution in [0.25, 0.3) is 16.3 Å². The lowest BCUT2D eigenvalue weighted by molar-refractivity contribution is 0.0929. The third kappa shape index (κ3) is 3.55. The predicted molar refractivity (Wildman–Crippen MR) is 95.8 cm³/mol. The van der Waals surface area contributed by atoms with E-state index in [1.165, 1.54) is 0 Å². The molecule has 0 radical (unpaired) electrons. The number of aryl methyl sites for hydroxylation is 1. The molecule has 0 bridgehead atoms. The van der Waals surface area contributed by atoms with Crippen LogP contribution in [0.2, 0.25) is 0 Å². The normalized spacial score (nSPS) is 10.8. The van der Waals surface area contributed by atoms with Gasteiger partial charge in [-0.15, -0.1) is 11.3 Å². The van der Waals surface area contributed by atoms with Crippen LogP contribution in [-0.2, 0) is 4.74 Å². The maximum Gasteiger partial charge on any atom is 0.270 e. The molecule has 0 fully saturated rings. The Labute approximate surface area is 144 Å². The molecule has 124 valence electrons. The Hall–Kier alpha value is -2.44. The Morgan fingerprint density at radius 3 is 2.75 bits per heavy atom. The molecule has 0 aliphatic heterocycles. The largest absolute Gasteiger partial charge is 0.383 e. The number of amides is 1. The van der Waals surface area contributed by atoms with Crippen LogP contribution in [-0.4, -0.2) is 35.9 Å². The van der Waals surface area contributed by atoms with Gasteiger partial charge >= 0.3 is 0 Å². The first-order valence-corrected chi connectivity index (χ1v) is 8.55. The Balaban J connectivity index is 1.98. The molecule has 3 rings (SSSR count). The molecule has 5 nitrogen and oxygen atoms in total. The molecule has 2 heterocycles. The van der Waals surface area contributed by atoms with Crippen molar-refractivity contribution >= 4 is 17.2 Å². The Kier molecular flexibility index (Phi) is 5.08. The number of carbonyl (C=O) groups is 1. The molecule has 0 saturated carbocycles. The maximum absolute atomic E-state index is 12.5. The van der Waals surface area contributed by atoms with E-state index in [4.69, 9.17) is 4.74 Å². The van der Waals surface area contributed by atoms with Crippen molar-refractivity contribution in [3.8, 4) is 16.3 Å². The van der Waals surface area contributed by atoms with E-state index in [-0.39, 0.29) is 5.91 Å². The summed E-state index contributed by atoms with van der Waals surface area (Å²) in [5.74, 6) is -0.164. The van der Waals surface area contributed by atoms with Crippen molar-refractivity contribution in [3.05, 3.63) is 59.1 Å². The number of thiophene rings is 1. The van der Waals surface area contributed by atoms with Crippen LogP contribution in [0.3, 0.4) is 0 Å². The molecular weight excluding hydrogens is 322 g/mol.